The van der Waals surface area contributed by atoms with E-state index in [2.05, 4.69) is 4.98 Å². The second-order valence-corrected chi connectivity index (χ2v) is 5.03. The van der Waals surface area contributed by atoms with Gasteiger partial charge in [-0.2, -0.15) is 0 Å². The van der Waals surface area contributed by atoms with Crippen molar-refractivity contribution in [1.29, 1.82) is 0 Å². The molecule has 0 radical (unpaired) electrons. The highest BCUT2D eigenvalue weighted by atomic mass is 35.5. The van der Waals surface area contributed by atoms with Crippen molar-refractivity contribution in [3.8, 4) is 5.75 Å². The Kier molecular flexibility index (Phi) is 5.01. The fraction of sp³-hybridized carbons (Fsp3) is 0.125. The van der Waals surface area contributed by atoms with Gasteiger partial charge in [0.15, 0.2) is 0 Å². The number of rotatable bonds is 5. The lowest BCUT2D eigenvalue weighted by molar-refractivity contribution is -0.130. The van der Waals surface area contributed by atoms with E-state index in [9.17, 15) is 9.90 Å². The number of carbonyl (C=O) groups is 1. The van der Waals surface area contributed by atoms with Crippen molar-refractivity contribution in [2.45, 2.75) is 13.5 Å². The first-order valence-corrected chi connectivity index (χ1v) is 6.89. The zero-order valence-corrected chi connectivity index (χ0v) is 12.7. The summed E-state index contributed by atoms with van der Waals surface area (Å²) in [5.74, 6) is -0.638. The molecular formula is C16H15ClN2O3. The molecule has 0 saturated carbocycles. The van der Waals surface area contributed by atoms with Gasteiger partial charge in [0.2, 0.25) is 0 Å². The fourth-order valence-corrected chi connectivity index (χ4v) is 2.08. The number of hydrogen-bond donors (Lipinski definition) is 2. The first kappa shape index (κ1) is 15.9. The average Bonchev–Trinajstić information content (AvgIpc) is 2.46. The molecule has 1 heterocycles. The molecule has 2 aromatic rings. The van der Waals surface area contributed by atoms with Gasteiger partial charge in [0.1, 0.15) is 17.9 Å². The van der Waals surface area contributed by atoms with Crippen molar-refractivity contribution in [2.75, 3.05) is 0 Å². The van der Waals surface area contributed by atoms with Crippen molar-refractivity contribution < 1.29 is 14.6 Å². The maximum atomic E-state index is 11.2. The highest BCUT2D eigenvalue weighted by Crippen LogP contribution is 2.22. The van der Waals surface area contributed by atoms with E-state index < -0.39 is 5.97 Å². The lowest BCUT2D eigenvalue weighted by Gasteiger charge is -2.09. The number of aliphatic carboxylic acids is 1. The third kappa shape index (κ3) is 3.77. The number of halogens is 1. The smallest absolute Gasteiger partial charge is 0.339 e. The second-order valence-electron chi connectivity index (χ2n) is 4.62. The predicted molar refractivity (Wildman–Crippen MR) is 84.4 cm³/mol. The van der Waals surface area contributed by atoms with Crippen molar-refractivity contribution in [1.82, 2.24) is 4.98 Å². The monoisotopic (exact) mass is 318 g/mol. The summed E-state index contributed by atoms with van der Waals surface area (Å²) in [6.07, 6.45) is 1.48. The Morgan fingerprint density at radius 2 is 2.09 bits per heavy atom. The number of pyridine rings is 1. The molecule has 0 aliphatic heterocycles. The summed E-state index contributed by atoms with van der Waals surface area (Å²) in [7, 11) is 0. The van der Waals surface area contributed by atoms with Crippen molar-refractivity contribution >= 4 is 23.1 Å². The van der Waals surface area contributed by atoms with E-state index >= 15 is 0 Å². The van der Waals surface area contributed by atoms with E-state index in [1.165, 1.54) is 19.2 Å². The van der Waals surface area contributed by atoms with Gasteiger partial charge in [0.05, 0.1) is 5.69 Å². The van der Waals surface area contributed by atoms with Crippen LogP contribution in [0.15, 0.2) is 48.3 Å². The lowest BCUT2D eigenvalue weighted by atomic mass is 10.1. The maximum Gasteiger partial charge on any atom is 0.339 e. The largest absolute Gasteiger partial charge is 0.489 e. The van der Waals surface area contributed by atoms with Crippen molar-refractivity contribution in [3.63, 3.8) is 0 Å². The van der Waals surface area contributed by atoms with E-state index in [0.717, 1.165) is 5.56 Å². The molecule has 2 rings (SSSR count). The van der Waals surface area contributed by atoms with Gasteiger partial charge in [-0.25, -0.2) is 4.79 Å². The number of hydrogen-bond acceptors (Lipinski definition) is 4. The minimum atomic E-state index is -1.13. The molecule has 1 aromatic carbocycles. The van der Waals surface area contributed by atoms with Crippen LogP contribution in [0.3, 0.4) is 0 Å². The zero-order valence-electron chi connectivity index (χ0n) is 11.9. The SMILES string of the molecule is C/C(N)=C(\C(=O)O)c1cc(OCc2ccccc2Cl)ccn1. The molecule has 3 N–H and O–H groups in total. The molecular weight excluding hydrogens is 304 g/mol. The van der Waals surface area contributed by atoms with Crippen molar-refractivity contribution in [2.24, 2.45) is 5.73 Å². The number of carboxylic acids is 1. The normalized spacial score (nSPS) is 11.7. The number of carboxylic acid groups (broad SMARTS) is 1. The molecule has 114 valence electrons. The van der Waals surface area contributed by atoms with Crippen LogP contribution in [0.4, 0.5) is 0 Å². The maximum absolute atomic E-state index is 11.2. The van der Waals surface area contributed by atoms with E-state index in [4.69, 9.17) is 22.1 Å². The third-order valence-corrected chi connectivity index (χ3v) is 3.32. The van der Waals surface area contributed by atoms with Crippen LogP contribution >= 0.6 is 11.6 Å². The van der Waals surface area contributed by atoms with Gasteiger partial charge in [-0.3, -0.25) is 4.98 Å². The molecule has 22 heavy (non-hydrogen) atoms. The predicted octanol–water partition coefficient (Wildman–Crippen LogP) is 3.09. The lowest BCUT2D eigenvalue weighted by Crippen LogP contribution is -2.09. The quantitative estimate of drug-likeness (QED) is 0.827. The van der Waals surface area contributed by atoms with Crippen LogP contribution in [0.5, 0.6) is 5.75 Å². The topological polar surface area (TPSA) is 85.4 Å². The van der Waals surface area contributed by atoms with Crippen LogP contribution in [-0.2, 0) is 11.4 Å². The number of nitrogens with zero attached hydrogens (tertiary/aromatic N) is 1. The van der Waals surface area contributed by atoms with Crippen LogP contribution in [0.2, 0.25) is 5.02 Å². The van der Waals surface area contributed by atoms with Crippen LogP contribution in [0.25, 0.3) is 5.57 Å². The standard InChI is InChI=1S/C16H15ClN2O3/c1-10(18)15(16(20)21)14-8-12(6-7-19-14)22-9-11-4-2-3-5-13(11)17/h2-8H,9,18H2,1H3,(H,20,21)/b15-10+. The van der Waals surface area contributed by atoms with Gasteiger partial charge in [-0.15, -0.1) is 0 Å². The number of benzene rings is 1. The van der Waals surface area contributed by atoms with E-state index in [1.54, 1.807) is 12.1 Å². The van der Waals surface area contributed by atoms with Crippen LogP contribution in [0.1, 0.15) is 18.2 Å². The molecule has 0 fully saturated rings. The Morgan fingerprint density at radius 3 is 2.73 bits per heavy atom. The molecule has 0 aliphatic carbocycles. The summed E-state index contributed by atoms with van der Waals surface area (Å²) in [6.45, 7) is 1.79. The van der Waals surface area contributed by atoms with Gasteiger partial charge < -0.3 is 15.6 Å². The highest BCUT2D eigenvalue weighted by molar-refractivity contribution is 6.31. The van der Waals surface area contributed by atoms with Gasteiger partial charge in [-0.05, 0) is 19.1 Å². The van der Waals surface area contributed by atoms with E-state index in [0.29, 0.717) is 10.8 Å². The molecule has 6 heteroatoms. The zero-order chi connectivity index (χ0) is 16.1. The van der Waals surface area contributed by atoms with Crippen molar-refractivity contribution in [3.05, 3.63) is 64.6 Å². The minimum absolute atomic E-state index is 0.0387. The van der Waals surface area contributed by atoms with Gasteiger partial charge >= 0.3 is 5.97 Å². The fourth-order valence-electron chi connectivity index (χ4n) is 1.89. The average molecular weight is 319 g/mol. The molecule has 1 aromatic heterocycles. The number of allylic oxidation sites excluding steroid dienone is 1. The molecule has 0 saturated heterocycles. The second kappa shape index (κ2) is 6.95. The summed E-state index contributed by atoms with van der Waals surface area (Å²) < 4.78 is 5.64. The summed E-state index contributed by atoms with van der Waals surface area (Å²) in [6, 6.07) is 10.5. The number of ether oxygens (including phenoxy) is 1. The Bertz CT molecular complexity index is 725. The molecule has 0 unspecified atom stereocenters. The van der Waals surface area contributed by atoms with Gasteiger partial charge in [0.25, 0.3) is 0 Å². The van der Waals surface area contributed by atoms with Gasteiger partial charge in [-0.1, -0.05) is 29.8 Å². The van der Waals surface area contributed by atoms with E-state index in [1.807, 2.05) is 18.2 Å². The molecule has 0 spiro atoms. The van der Waals surface area contributed by atoms with Crippen LogP contribution in [-0.4, -0.2) is 16.1 Å². The summed E-state index contributed by atoms with van der Waals surface area (Å²) >= 11 is 6.06. The molecule has 0 aliphatic rings. The van der Waals surface area contributed by atoms with Crippen LogP contribution in [0, 0.1) is 0 Å². The minimum Gasteiger partial charge on any atom is -0.489 e. The highest BCUT2D eigenvalue weighted by Gasteiger charge is 2.15. The molecule has 0 atom stereocenters. The van der Waals surface area contributed by atoms with Crippen LogP contribution < -0.4 is 10.5 Å². The third-order valence-electron chi connectivity index (χ3n) is 2.95. The van der Waals surface area contributed by atoms with Gasteiger partial charge in [0, 0.05) is 28.5 Å². The first-order chi connectivity index (χ1) is 10.5. The number of aromatic nitrogens is 1. The van der Waals surface area contributed by atoms with E-state index in [-0.39, 0.29) is 23.6 Å². The Hall–Kier alpha value is -2.53. The Labute approximate surface area is 133 Å². The Balaban J connectivity index is 2.21. The summed E-state index contributed by atoms with van der Waals surface area (Å²) in [5.41, 5.74) is 6.84. The summed E-state index contributed by atoms with van der Waals surface area (Å²) in [4.78, 5) is 15.3. The number of nitrogens with two attached hydrogens (primary N) is 1. The molecule has 0 bridgehead atoms. The first-order valence-electron chi connectivity index (χ1n) is 6.51. The summed E-state index contributed by atoms with van der Waals surface area (Å²) in [5, 5.41) is 9.81. The molecule has 5 nitrogen and oxygen atoms in total. The molecule has 0 amide bonds. The Morgan fingerprint density at radius 1 is 1.36 bits per heavy atom.